The molecule has 0 unspecified atom stereocenters. The number of rotatable bonds is 4. The minimum Gasteiger partial charge on any atom is -0.496 e. The van der Waals surface area contributed by atoms with E-state index in [9.17, 15) is 8.42 Å². The summed E-state index contributed by atoms with van der Waals surface area (Å²) in [6, 6.07) is 10.0. The van der Waals surface area contributed by atoms with Crippen molar-refractivity contribution < 1.29 is 17.9 Å². The lowest BCUT2D eigenvalue weighted by molar-refractivity contribution is 0.379. The summed E-state index contributed by atoms with van der Waals surface area (Å²) in [5.74, 6) is 1.10. The lowest BCUT2D eigenvalue weighted by Crippen LogP contribution is -2.12. The minimum absolute atomic E-state index is 0.184. The Balaban J connectivity index is 2.27. The molecule has 5 heteroatoms. The van der Waals surface area contributed by atoms with Crippen LogP contribution in [0.15, 0.2) is 46.2 Å². The highest BCUT2D eigenvalue weighted by Crippen LogP contribution is 2.42. The lowest BCUT2D eigenvalue weighted by Gasteiger charge is -2.23. The van der Waals surface area contributed by atoms with Gasteiger partial charge in [0.2, 0.25) is 9.84 Å². The Morgan fingerprint density at radius 2 is 1.57 bits per heavy atom. The fraction of sp³-hybridized carbons (Fsp3) is 0.333. The van der Waals surface area contributed by atoms with E-state index in [-0.39, 0.29) is 9.79 Å². The summed E-state index contributed by atoms with van der Waals surface area (Å²) in [4.78, 5) is 0.444. The van der Waals surface area contributed by atoms with Crippen LogP contribution in [0.4, 0.5) is 0 Å². The zero-order valence-corrected chi connectivity index (χ0v) is 14.2. The number of ether oxygens (including phenoxy) is 2. The summed E-state index contributed by atoms with van der Waals surface area (Å²) in [6.45, 7) is 0. The van der Waals surface area contributed by atoms with E-state index in [2.05, 4.69) is 0 Å². The van der Waals surface area contributed by atoms with Crippen molar-refractivity contribution in [2.45, 2.75) is 35.5 Å². The van der Waals surface area contributed by atoms with Gasteiger partial charge in [-0.3, -0.25) is 0 Å². The van der Waals surface area contributed by atoms with Crippen LogP contribution in [0.1, 0.15) is 24.0 Å². The summed E-state index contributed by atoms with van der Waals surface area (Å²) in [7, 11) is -0.545. The van der Waals surface area contributed by atoms with Crippen molar-refractivity contribution in [1.29, 1.82) is 0 Å². The van der Waals surface area contributed by atoms with Gasteiger partial charge in [0.15, 0.2) is 0 Å². The summed E-state index contributed by atoms with van der Waals surface area (Å²) in [5.41, 5.74) is 2.04. The molecule has 3 rings (SSSR count). The lowest BCUT2D eigenvalue weighted by atomic mass is 9.90. The molecular weight excluding hydrogens is 312 g/mol. The molecule has 0 fully saturated rings. The fourth-order valence-corrected chi connectivity index (χ4v) is 4.66. The van der Waals surface area contributed by atoms with Crippen LogP contribution in [0.25, 0.3) is 0 Å². The molecule has 0 spiro atoms. The van der Waals surface area contributed by atoms with E-state index in [1.54, 1.807) is 43.5 Å². The van der Waals surface area contributed by atoms with Gasteiger partial charge in [-0.15, -0.1) is 0 Å². The Morgan fingerprint density at radius 3 is 2.17 bits per heavy atom. The predicted octanol–water partition coefficient (Wildman–Crippen LogP) is 3.42. The summed E-state index contributed by atoms with van der Waals surface area (Å²) in [6.07, 6.45) is 3.81. The van der Waals surface area contributed by atoms with E-state index in [0.29, 0.717) is 11.5 Å². The van der Waals surface area contributed by atoms with E-state index < -0.39 is 9.84 Å². The maximum Gasteiger partial charge on any atom is 0.210 e. The van der Waals surface area contributed by atoms with Gasteiger partial charge >= 0.3 is 0 Å². The van der Waals surface area contributed by atoms with Gasteiger partial charge in [0.1, 0.15) is 16.4 Å². The Labute approximate surface area is 137 Å². The molecule has 4 nitrogen and oxygen atoms in total. The second-order valence-electron chi connectivity index (χ2n) is 5.59. The van der Waals surface area contributed by atoms with Crippen LogP contribution in [-0.2, 0) is 22.7 Å². The maximum atomic E-state index is 13.0. The van der Waals surface area contributed by atoms with Crippen molar-refractivity contribution in [3.8, 4) is 11.5 Å². The van der Waals surface area contributed by atoms with Crippen LogP contribution in [0, 0.1) is 0 Å². The van der Waals surface area contributed by atoms with Crippen LogP contribution in [0.2, 0.25) is 0 Å². The highest BCUT2D eigenvalue weighted by Gasteiger charge is 2.29. The Kier molecular flexibility index (Phi) is 4.31. The molecule has 2 aromatic carbocycles. The van der Waals surface area contributed by atoms with Crippen LogP contribution in [0.5, 0.6) is 11.5 Å². The minimum atomic E-state index is -3.65. The quantitative estimate of drug-likeness (QED) is 0.861. The molecule has 0 aromatic heterocycles. The van der Waals surface area contributed by atoms with E-state index >= 15 is 0 Å². The molecule has 0 saturated carbocycles. The molecular formula is C18H20O4S. The van der Waals surface area contributed by atoms with Gasteiger partial charge in [0.25, 0.3) is 0 Å². The van der Waals surface area contributed by atoms with Gasteiger partial charge in [-0.1, -0.05) is 18.2 Å². The molecule has 0 atom stereocenters. The van der Waals surface area contributed by atoms with Crippen LogP contribution < -0.4 is 9.47 Å². The highest BCUT2D eigenvalue weighted by molar-refractivity contribution is 7.91. The Morgan fingerprint density at radius 1 is 0.913 bits per heavy atom. The van der Waals surface area contributed by atoms with E-state index in [4.69, 9.17) is 9.47 Å². The standard InChI is InChI=1S/C18H20O4S/c1-21-16-12-17(23(19,20)13-8-4-3-5-9-13)18(22-2)15-11-7-6-10-14(15)16/h3-5,8-9,12H,6-7,10-11H2,1-2H3. The smallest absolute Gasteiger partial charge is 0.210 e. The first-order valence-electron chi connectivity index (χ1n) is 7.66. The van der Waals surface area contributed by atoms with E-state index in [1.807, 2.05) is 0 Å². The molecule has 0 heterocycles. The molecule has 0 saturated heterocycles. The van der Waals surface area contributed by atoms with Gasteiger partial charge in [0.05, 0.1) is 19.1 Å². The van der Waals surface area contributed by atoms with Crippen molar-refractivity contribution in [1.82, 2.24) is 0 Å². The summed E-state index contributed by atoms with van der Waals surface area (Å²) >= 11 is 0. The van der Waals surface area contributed by atoms with Crippen LogP contribution in [-0.4, -0.2) is 22.6 Å². The zero-order valence-electron chi connectivity index (χ0n) is 13.3. The monoisotopic (exact) mass is 332 g/mol. The molecule has 1 aliphatic carbocycles. The number of benzene rings is 2. The molecule has 1 aliphatic rings. The van der Waals surface area contributed by atoms with Crippen LogP contribution >= 0.6 is 0 Å². The molecule has 0 amide bonds. The van der Waals surface area contributed by atoms with Gasteiger partial charge in [-0.05, 0) is 37.8 Å². The topological polar surface area (TPSA) is 52.6 Å². The first kappa shape index (κ1) is 15.9. The fourth-order valence-electron chi connectivity index (χ4n) is 3.18. The van der Waals surface area contributed by atoms with Gasteiger partial charge in [-0.25, -0.2) is 8.42 Å². The third kappa shape index (κ3) is 2.70. The van der Waals surface area contributed by atoms with Gasteiger partial charge in [0, 0.05) is 17.2 Å². The third-order valence-electron chi connectivity index (χ3n) is 4.29. The number of sulfone groups is 1. The largest absolute Gasteiger partial charge is 0.496 e. The molecule has 0 bridgehead atoms. The van der Waals surface area contributed by atoms with Crippen molar-refractivity contribution in [3.63, 3.8) is 0 Å². The molecule has 0 N–H and O–H groups in total. The second-order valence-corrected chi connectivity index (χ2v) is 7.51. The normalized spacial score (nSPS) is 14.2. The Hall–Kier alpha value is -2.01. The van der Waals surface area contributed by atoms with Crippen molar-refractivity contribution in [3.05, 3.63) is 47.5 Å². The van der Waals surface area contributed by atoms with Gasteiger partial charge < -0.3 is 9.47 Å². The summed E-state index contributed by atoms with van der Waals surface area (Å²) < 4.78 is 37.0. The van der Waals surface area contributed by atoms with E-state index in [1.165, 1.54) is 7.11 Å². The Bertz CT molecular complexity index is 811. The van der Waals surface area contributed by atoms with Crippen LogP contribution in [0.3, 0.4) is 0 Å². The number of hydrogen-bond acceptors (Lipinski definition) is 4. The van der Waals surface area contributed by atoms with Gasteiger partial charge in [-0.2, -0.15) is 0 Å². The molecule has 122 valence electrons. The molecule has 2 aromatic rings. The van der Waals surface area contributed by atoms with Crippen molar-refractivity contribution >= 4 is 9.84 Å². The molecule has 0 radical (unpaired) electrons. The van der Waals surface area contributed by atoms with Crippen molar-refractivity contribution in [2.75, 3.05) is 14.2 Å². The number of methoxy groups -OCH3 is 2. The molecule has 0 aliphatic heterocycles. The van der Waals surface area contributed by atoms with Crippen molar-refractivity contribution in [2.24, 2.45) is 0 Å². The number of fused-ring (bicyclic) bond motifs is 1. The first-order valence-corrected chi connectivity index (χ1v) is 9.14. The second kappa shape index (κ2) is 6.24. The maximum absolute atomic E-state index is 13.0. The average Bonchev–Trinajstić information content (AvgIpc) is 2.60. The SMILES string of the molecule is COc1cc(S(=O)(=O)c2ccccc2)c(OC)c2c1CCCC2. The predicted molar refractivity (Wildman–Crippen MR) is 88.1 cm³/mol. The zero-order chi connectivity index (χ0) is 16.4. The third-order valence-corrected chi connectivity index (χ3v) is 6.07. The number of hydrogen-bond donors (Lipinski definition) is 0. The summed E-state index contributed by atoms with van der Waals surface area (Å²) in [5, 5.41) is 0. The highest BCUT2D eigenvalue weighted by atomic mass is 32.2. The van der Waals surface area contributed by atoms with E-state index in [0.717, 1.165) is 36.8 Å². The first-order chi connectivity index (χ1) is 11.1. The molecule has 23 heavy (non-hydrogen) atoms. The average molecular weight is 332 g/mol.